The largest absolute Gasteiger partial charge is 1.00 e. The summed E-state index contributed by atoms with van der Waals surface area (Å²) in [6, 6.07) is 20.6. The Hall–Kier alpha value is -1.42. The van der Waals surface area contributed by atoms with E-state index in [0.717, 1.165) is 20.7 Å². The maximum absolute atomic E-state index is 12.3. The molecule has 6 aromatic rings. The summed E-state index contributed by atoms with van der Waals surface area (Å²) in [6.45, 7) is 10.2. The molecule has 0 aliphatic rings. The topological polar surface area (TPSA) is 216 Å². The molecule has 3 aromatic heterocycles. The van der Waals surface area contributed by atoms with Gasteiger partial charge in [-0.2, -0.15) is 0 Å². The number of aromatic nitrogens is 3. The van der Waals surface area contributed by atoms with Crippen LogP contribution in [0.25, 0.3) is 32.3 Å². The second kappa shape index (κ2) is 30.1. The third-order valence-electron chi connectivity index (χ3n) is 7.21. The van der Waals surface area contributed by atoms with Crippen LogP contribution in [0, 0.1) is 0 Å². The zero-order chi connectivity index (χ0) is 46.1. The Balaban J connectivity index is 0. The maximum Gasteiger partial charge on any atom is 1.00 e. The average molecular weight is 1230 g/mol. The minimum Gasteiger partial charge on any atom is -1.00 e. The second-order valence-corrected chi connectivity index (χ2v) is 16.3. The van der Waals surface area contributed by atoms with Gasteiger partial charge in [-0.1, -0.05) is 68.9 Å². The first-order valence-electron chi connectivity index (χ1n) is 17.8. The number of carboxylic acid groups (broad SMARTS) is 1. The van der Waals surface area contributed by atoms with Crippen LogP contribution in [-0.2, 0) is 46.6 Å². The van der Waals surface area contributed by atoms with E-state index in [1.54, 1.807) is 87.8 Å². The van der Waals surface area contributed by atoms with Crippen LogP contribution in [0.5, 0.6) is 0 Å². The molecule has 0 amide bonds. The van der Waals surface area contributed by atoms with Gasteiger partial charge in [0.2, 0.25) is 0 Å². The van der Waals surface area contributed by atoms with Crippen molar-refractivity contribution in [2.24, 2.45) is 0 Å². The monoisotopic (exact) mass is 1230 g/mol. The third-order valence-corrected chi connectivity index (χ3v) is 8.38. The molecule has 3 heterocycles. The summed E-state index contributed by atoms with van der Waals surface area (Å²) in [5.41, 5.74) is -1.63. The summed E-state index contributed by atoms with van der Waals surface area (Å²) in [4.78, 5) is 82.1. The fourth-order valence-electron chi connectivity index (χ4n) is 4.94. The molecule has 6 rings (SSSR count). The van der Waals surface area contributed by atoms with Crippen LogP contribution in [0.2, 0.25) is 15.1 Å². The predicted octanol–water partition coefficient (Wildman–Crippen LogP) is 1.20. The number of hydrogen-bond acceptors (Lipinski definition) is 11. The van der Waals surface area contributed by atoms with Crippen molar-refractivity contribution in [1.29, 1.82) is 0 Å². The number of carbonyl (C=O) groups excluding carboxylic acids is 3. The van der Waals surface area contributed by atoms with Crippen LogP contribution in [0.3, 0.4) is 0 Å². The van der Waals surface area contributed by atoms with Crippen molar-refractivity contribution in [3.8, 4) is 0 Å². The number of halogens is 4. The SMILES string of the molecule is CC(C)(C)OC(=O)CBr.CC(C)(C)OC(=O)Cn1ccc2ccc(Cl)cc2c1=O.O=C(O)Cn1ccc2ccc(Cl)cc2c1=O.O=CO[O-].O=c1[nH]ccc2ccc(Cl)cc12.[Cs+].[Cs+].[H-]. The van der Waals surface area contributed by atoms with Gasteiger partial charge < -0.3 is 40.3 Å². The summed E-state index contributed by atoms with van der Waals surface area (Å²) in [6.07, 6.45) is 4.67. The van der Waals surface area contributed by atoms with Gasteiger partial charge in [-0.3, -0.25) is 33.6 Å². The van der Waals surface area contributed by atoms with Gasteiger partial charge in [0.05, 0.1) is 0 Å². The molecular weight excluding hydrogens is 1190 g/mol. The smallest absolute Gasteiger partial charge is 1.00 e. The van der Waals surface area contributed by atoms with Crippen molar-refractivity contribution in [3.05, 3.63) is 138 Å². The number of aliphatic carboxylic acids is 1. The molecule has 15 nitrogen and oxygen atoms in total. The first-order valence-corrected chi connectivity index (χ1v) is 20.0. The predicted molar refractivity (Wildman–Crippen MR) is 237 cm³/mol. The number of nitrogens with zero attached hydrogens (tertiary/aromatic N) is 2. The molecule has 21 heteroatoms. The first-order chi connectivity index (χ1) is 28.5. The van der Waals surface area contributed by atoms with Gasteiger partial charge in [0.15, 0.2) is 0 Å². The second-order valence-electron chi connectivity index (χ2n) is 14.4. The summed E-state index contributed by atoms with van der Waals surface area (Å²) in [5, 5.41) is 22.8. The Morgan fingerprint density at radius 1 is 0.698 bits per heavy atom. The molecule has 0 aliphatic carbocycles. The van der Waals surface area contributed by atoms with Crippen molar-refractivity contribution < 1.29 is 183 Å². The van der Waals surface area contributed by atoms with Crippen LogP contribution >= 0.6 is 50.7 Å². The molecule has 0 fully saturated rings. The molecule has 0 spiro atoms. The number of ether oxygens (including phenoxy) is 2. The number of benzene rings is 3. The molecular formula is C42H43BrCl3Cs2N3O12. The number of hydrogen-bond donors (Lipinski definition) is 2. The molecule has 0 saturated carbocycles. The number of carbonyl (C=O) groups is 4. The van der Waals surface area contributed by atoms with Crippen molar-refractivity contribution in [1.82, 2.24) is 14.1 Å². The molecule has 3 aromatic carbocycles. The quantitative estimate of drug-likeness (QED) is 0.0792. The standard InChI is InChI=1S/C15H16ClNO3.C11H8ClNO3.C9H6ClNO.C6H11BrO2.CH2O3.2Cs.H/c1-15(2,3)20-13(18)9-17-7-6-10-4-5-11(16)8-12(10)14(17)19;12-8-2-1-7-3-4-13(6-10(14)15)11(16)9(7)5-8;10-7-2-1-6-3-4-11-9(12)8(6)5-7;1-6(2,3)9-5(8)4-7;2-1-4-3;;;/h4-8H,9H2,1-3H3;1-5H,6H2,(H,14,15);1-5H,(H,11,12);4H2,1-3H3;1,3H;;;/q;;;;;2*+1;-1/p-1. The van der Waals surface area contributed by atoms with Gasteiger partial charge in [-0.25, -0.2) is 0 Å². The van der Waals surface area contributed by atoms with Crippen LogP contribution in [0.1, 0.15) is 43.0 Å². The molecule has 0 radical (unpaired) electrons. The normalized spacial score (nSPS) is 10.3. The zero-order valence-corrected chi connectivity index (χ0v) is 52.1. The van der Waals surface area contributed by atoms with Gasteiger partial charge in [-0.05, 0) is 112 Å². The molecule has 0 atom stereocenters. The van der Waals surface area contributed by atoms with Crippen molar-refractivity contribution in [3.63, 3.8) is 0 Å². The number of esters is 2. The Labute approximate surface area is 504 Å². The van der Waals surface area contributed by atoms with E-state index in [9.17, 15) is 28.8 Å². The number of fused-ring (bicyclic) bond motifs is 3. The van der Waals surface area contributed by atoms with E-state index < -0.39 is 17.5 Å². The van der Waals surface area contributed by atoms with Crippen molar-refractivity contribution >= 4 is 107 Å². The summed E-state index contributed by atoms with van der Waals surface area (Å²) in [7, 11) is 0. The van der Waals surface area contributed by atoms with Crippen molar-refractivity contribution in [2.75, 3.05) is 5.33 Å². The van der Waals surface area contributed by atoms with Crippen molar-refractivity contribution in [2.45, 2.75) is 65.8 Å². The summed E-state index contributed by atoms with van der Waals surface area (Å²) in [5.74, 6) is -1.72. The minimum atomic E-state index is -1.05. The molecule has 0 aliphatic heterocycles. The zero-order valence-electron chi connectivity index (χ0n) is 36.7. The van der Waals surface area contributed by atoms with E-state index >= 15 is 0 Å². The Morgan fingerprint density at radius 3 is 1.44 bits per heavy atom. The number of aromatic amines is 1. The molecule has 2 N–H and O–H groups in total. The Kier molecular flexibility index (Phi) is 29.4. The molecule has 0 unspecified atom stereocenters. The molecule has 63 heavy (non-hydrogen) atoms. The van der Waals surface area contributed by atoms with Gasteiger partial charge in [0.25, 0.3) is 23.2 Å². The summed E-state index contributed by atoms with van der Waals surface area (Å²) < 4.78 is 12.6. The van der Waals surface area contributed by atoms with E-state index in [2.05, 4.69) is 25.8 Å². The van der Waals surface area contributed by atoms with Gasteiger partial charge in [-0.15, -0.1) is 0 Å². The van der Waals surface area contributed by atoms with E-state index in [1.807, 2.05) is 32.9 Å². The van der Waals surface area contributed by atoms with Crippen LogP contribution in [0.4, 0.5) is 0 Å². The average Bonchev–Trinajstić information content (AvgIpc) is 3.17. The molecule has 328 valence electrons. The fraction of sp³-hybridized carbons (Fsp3) is 0.262. The van der Waals surface area contributed by atoms with E-state index in [-0.39, 0.29) is 192 Å². The van der Waals surface area contributed by atoms with Gasteiger partial charge in [0, 0.05) is 49.8 Å². The molecule has 0 saturated heterocycles. The van der Waals surface area contributed by atoms with E-state index in [1.165, 1.54) is 16.8 Å². The fourth-order valence-corrected chi connectivity index (χ4v) is 5.57. The number of rotatable bonds is 6. The van der Waals surface area contributed by atoms with Gasteiger partial charge in [0.1, 0.15) is 29.6 Å². The number of alkyl halides is 1. The van der Waals surface area contributed by atoms with Crippen LogP contribution in [-0.4, -0.2) is 60.1 Å². The van der Waals surface area contributed by atoms with E-state index in [0.29, 0.717) is 31.2 Å². The number of carboxylic acids is 1. The van der Waals surface area contributed by atoms with Crippen LogP contribution < -0.4 is 160 Å². The minimum absolute atomic E-state index is 0. The Morgan fingerprint density at radius 2 is 1.08 bits per heavy atom. The first kappa shape index (κ1) is 61.6. The number of H-pyrrole nitrogens is 1. The van der Waals surface area contributed by atoms with Gasteiger partial charge >= 0.3 is 156 Å². The van der Waals surface area contributed by atoms with Crippen LogP contribution in [0.15, 0.2) is 106 Å². The number of nitrogens with one attached hydrogen (secondary N) is 1. The maximum atomic E-state index is 12.3. The molecule has 0 bridgehead atoms. The Bertz CT molecular complexity index is 2670. The third kappa shape index (κ3) is 23.2. The number of pyridine rings is 3. The summed E-state index contributed by atoms with van der Waals surface area (Å²) >= 11 is 20.4. The van der Waals surface area contributed by atoms with E-state index in [4.69, 9.17) is 59.4 Å².